The monoisotopic (exact) mass is 180 g/mol. The van der Waals surface area contributed by atoms with Gasteiger partial charge in [-0.2, -0.15) is 10.1 Å². The Labute approximate surface area is 74.0 Å². The molecule has 0 saturated heterocycles. The number of rotatable bonds is 1. The van der Waals surface area contributed by atoms with Crippen molar-refractivity contribution >= 4 is 11.6 Å². The third-order valence-electron chi connectivity index (χ3n) is 1.68. The lowest BCUT2D eigenvalue weighted by Crippen LogP contribution is -2.26. The highest BCUT2D eigenvalue weighted by atomic mass is 16.5. The second-order valence-electron chi connectivity index (χ2n) is 2.74. The van der Waals surface area contributed by atoms with E-state index in [-0.39, 0.29) is 5.91 Å². The molecule has 2 heterocycles. The number of hydrogen-bond donors (Lipinski definition) is 1. The van der Waals surface area contributed by atoms with Gasteiger partial charge < -0.3 is 4.52 Å². The van der Waals surface area contributed by atoms with Crippen molar-refractivity contribution in [3.05, 3.63) is 11.7 Å². The maximum absolute atomic E-state index is 10.8. The molecule has 0 atom stereocenters. The number of hydrazone groups is 1. The summed E-state index contributed by atoms with van der Waals surface area (Å²) in [5.41, 5.74) is 3.00. The Morgan fingerprint density at radius 2 is 2.31 bits per heavy atom. The molecule has 1 aliphatic heterocycles. The number of nitrogens with one attached hydrogen (secondary N) is 1. The van der Waals surface area contributed by atoms with E-state index in [2.05, 4.69) is 20.7 Å². The maximum atomic E-state index is 10.8. The molecule has 1 N–H and O–H groups in total. The van der Waals surface area contributed by atoms with E-state index in [1.807, 2.05) is 0 Å². The highest BCUT2D eigenvalue weighted by Crippen LogP contribution is 2.07. The largest absolute Gasteiger partial charge is 0.333 e. The molecule has 0 bridgehead atoms. The minimum Gasteiger partial charge on any atom is -0.333 e. The van der Waals surface area contributed by atoms with Crippen molar-refractivity contribution in [2.75, 3.05) is 0 Å². The average molecular weight is 180 g/mol. The zero-order chi connectivity index (χ0) is 9.26. The quantitative estimate of drug-likeness (QED) is 0.659. The molecular weight excluding hydrogens is 172 g/mol. The molecule has 0 radical (unpaired) electrons. The van der Waals surface area contributed by atoms with Gasteiger partial charge in [0.15, 0.2) is 5.82 Å². The van der Waals surface area contributed by atoms with Crippen LogP contribution < -0.4 is 5.43 Å². The molecule has 1 amide bonds. The van der Waals surface area contributed by atoms with E-state index in [1.165, 1.54) is 0 Å². The first kappa shape index (κ1) is 7.90. The predicted octanol–water partition coefficient (Wildman–Crippen LogP) is -0.00788. The molecule has 0 spiro atoms. The van der Waals surface area contributed by atoms with Crippen LogP contribution in [0.2, 0.25) is 0 Å². The van der Waals surface area contributed by atoms with Crippen LogP contribution in [0.15, 0.2) is 9.62 Å². The summed E-state index contributed by atoms with van der Waals surface area (Å²) < 4.78 is 4.90. The highest BCUT2D eigenvalue weighted by Gasteiger charge is 2.17. The van der Waals surface area contributed by atoms with Crippen LogP contribution in [0.25, 0.3) is 0 Å². The number of hydrogen-bond acceptors (Lipinski definition) is 5. The standard InChI is InChI=1S/C7H8N4O2/c1-4-8-7(13-11-4)5-2-3-6(12)10-9-5/h2-3H2,1H3,(H,10,12). The lowest BCUT2D eigenvalue weighted by atomic mass is 10.2. The van der Waals surface area contributed by atoms with Crippen LogP contribution in [0.5, 0.6) is 0 Å². The predicted molar refractivity (Wildman–Crippen MR) is 42.9 cm³/mol. The van der Waals surface area contributed by atoms with Gasteiger partial charge in [0.2, 0.25) is 5.91 Å². The van der Waals surface area contributed by atoms with Crippen LogP contribution in [-0.4, -0.2) is 21.8 Å². The van der Waals surface area contributed by atoms with E-state index in [0.717, 1.165) is 0 Å². The molecule has 0 fully saturated rings. The molecule has 6 heteroatoms. The number of aromatic nitrogens is 2. The molecule has 6 nitrogen and oxygen atoms in total. The Morgan fingerprint density at radius 3 is 2.85 bits per heavy atom. The zero-order valence-electron chi connectivity index (χ0n) is 7.07. The first-order valence-corrected chi connectivity index (χ1v) is 3.92. The van der Waals surface area contributed by atoms with Gasteiger partial charge in [0.05, 0.1) is 0 Å². The Balaban J connectivity index is 2.22. The summed E-state index contributed by atoms with van der Waals surface area (Å²) in [6, 6.07) is 0. The van der Waals surface area contributed by atoms with Crippen molar-refractivity contribution in [1.82, 2.24) is 15.6 Å². The van der Waals surface area contributed by atoms with Gasteiger partial charge in [0.25, 0.3) is 5.89 Å². The normalized spacial score (nSPS) is 16.7. The van der Waals surface area contributed by atoms with E-state index in [0.29, 0.717) is 30.3 Å². The van der Waals surface area contributed by atoms with E-state index < -0.39 is 0 Å². The Morgan fingerprint density at radius 1 is 1.46 bits per heavy atom. The molecule has 1 aliphatic rings. The minimum atomic E-state index is -0.0833. The van der Waals surface area contributed by atoms with Crippen molar-refractivity contribution in [2.45, 2.75) is 19.8 Å². The van der Waals surface area contributed by atoms with E-state index in [4.69, 9.17) is 4.52 Å². The van der Waals surface area contributed by atoms with Gasteiger partial charge in [-0.25, -0.2) is 5.43 Å². The molecule has 0 saturated carbocycles. The van der Waals surface area contributed by atoms with Crippen molar-refractivity contribution in [3.8, 4) is 0 Å². The van der Waals surface area contributed by atoms with Crippen molar-refractivity contribution < 1.29 is 9.32 Å². The molecule has 0 aromatic carbocycles. The molecule has 1 aromatic heterocycles. The number of carbonyl (C=O) groups is 1. The van der Waals surface area contributed by atoms with Gasteiger partial charge in [-0.1, -0.05) is 5.16 Å². The van der Waals surface area contributed by atoms with E-state index >= 15 is 0 Å². The SMILES string of the molecule is Cc1noc(C2=NNC(=O)CC2)n1. The van der Waals surface area contributed by atoms with E-state index in [9.17, 15) is 4.79 Å². The Kier molecular flexibility index (Phi) is 1.80. The Hall–Kier alpha value is -1.72. The molecule has 2 rings (SSSR count). The van der Waals surface area contributed by atoms with Gasteiger partial charge in [0.1, 0.15) is 5.71 Å². The number of carbonyl (C=O) groups excluding carboxylic acids is 1. The summed E-state index contributed by atoms with van der Waals surface area (Å²) in [7, 11) is 0. The topological polar surface area (TPSA) is 80.4 Å². The summed E-state index contributed by atoms with van der Waals surface area (Å²) in [5.74, 6) is 0.868. The third-order valence-corrected chi connectivity index (χ3v) is 1.68. The van der Waals surface area contributed by atoms with Crippen LogP contribution in [-0.2, 0) is 4.79 Å². The van der Waals surface area contributed by atoms with Crippen LogP contribution in [0, 0.1) is 6.92 Å². The van der Waals surface area contributed by atoms with Gasteiger partial charge in [0, 0.05) is 12.8 Å². The lowest BCUT2D eigenvalue weighted by molar-refractivity contribution is -0.121. The fourth-order valence-corrected chi connectivity index (χ4v) is 1.04. The summed E-state index contributed by atoms with van der Waals surface area (Å²) in [4.78, 5) is 14.8. The summed E-state index contributed by atoms with van der Waals surface area (Å²) in [6.07, 6.45) is 0.966. The second kappa shape index (κ2) is 2.96. The molecule has 0 unspecified atom stereocenters. The summed E-state index contributed by atoms with van der Waals surface area (Å²) in [6.45, 7) is 1.73. The zero-order valence-corrected chi connectivity index (χ0v) is 7.07. The smallest absolute Gasteiger partial charge is 0.274 e. The van der Waals surface area contributed by atoms with Gasteiger partial charge in [-0.05, 0) is 6.92 Å². The molecule has 0 aliphatic carbocycles. The molecule has 1 aromatic rings. The molecular formula is C7H8N4O2. The summed E-state index contributed by atoms with van der Waals surface area (Å²) >= 11 is 0. The van der Waals surface area contributed by atoms with Gasteiger partial charge >= 0.3 is 0 Å². The van der Waals surface area contributed by atoms with E-state index in [1.54, 1.807) is 6.92 Å². The number of aryl methyl sites for hydroxylation is 1. The highest BCUT2D eigenvalue weighted by molar-refractivity contribution is 6.00. The second-order valence-corrected chi connectivity index (χ2v) is 2.74. The van der Waals surface area contributed by atoms with Gasteiger partial charge in [-0.3, -0.25) is 4.79 Å². The number of amides is 1. The van der Waals surface area contributed by atoms with Crippen LogP contribution in [0.4, 0.5) is 0 Å². The third kappa shape index (κ3) is 1.56. The number of nitrogens with zero attached hydrogens (tertiary/aromatic N) is 3. The van der Waals surface area contributed by atoms with Crippen LogP contribution >= 0.6 is 0 Å². The fraction of sp³-hybridized carbons (Fsp3) is 0.429. The Bertz CT molecular complexity index is 368. The molecule has 68 valence electrons. The van der Waals surface area contributed by atoms with Crippen LogP contribution in [0.3, 0.4) is 0 Å². The van der Waals surface area contributed by atoms with Crippen molar-refractivity contribution in [2.24, 2.45) is 5.10 Å². The fourth-order valence-electron chi connectivity index (χ4n) is 1.04. The van der Waals surface area contributed by atoms with Crippen molar-refractivity contribution in [1.29, 1.82) is 0 Å². The average Bonchev–Trinajstić information content (AvgIpc) is 2.53. The minimum absolute atomic E-state index is 0.0833. The lowest BCUT2D eigenvalue weighted by Gasteiger charge is -2.07. The summed E-state index contributed by atoms with van der Waals surface area (Å²) in [5, 5.41) is 7.45. The maximum Gasteiger partial charge on any atom is 0.274 e. The van der Waals surface area contributed by atoms with Crippen molar-refractivity contribution in [3.63, 3.8) is 0 Å². The van der Waals surface area contributed by atoms with Gasteiger partial charge in [-0.15, -0.1) is 0 Å². The molecule has 13 heavy (non-hydrogen) atoms. The van der Waals surface area contributed by atoms with Crippen LogP contribution in [0.1, 0.15) is 24.6 Å². The first-order valence-electron chi connectivity index (χ1n) is 3.92. The first-order chi connectivity index (χ1) is 6.25.